The molecule has 0 unspecified atom stereocenters. The molecule has 0 saturated heterocycles. The van der Waals surface area contributed by atoms with Gasteiger partial charge in [0.05, 0.1) is 11.3 Å². The summed E-state index contributed by atoms with van der Waals surface area (Å²) in [4.78, 5) is 0. The molecule has 0 fully saturated rings. The maximum Gasteiger partial charge on any atom is 0.170 e. The lowest BCUT2D eigenvalue weighted by atomic mass is 10.1. The van der Waals surface area contributed by atoms with E-state index in [0.717, 1.165) is 34.1 Å². The Bertz CT molecular complexity index is 1100. The molecule has 3 heterocycles. The Morgan fingerprint density at radius 1 is 1.19 bits per heavy atom. The average molecular weight is 366 g/mol. The van der Waals surface area contributed by atoms with Crippen LogP contribution >= 0.6 is 0 Å². The van der Waals surface area contributed by atoms with Gasteiger partial charge in [-0.3, -0.25) is 4.40 Å². The molecular weight excluding hydrogens is 347 g/mol. The number of anilines is 2. The Kier molecular flexibility index (Phi) is 4.23. The summed E-state index contributed by atoms with van der Waals surface area (Å²) in [6.45, 7) is 4.08. The molecule has 0 spiro atoms. The van der Waals surface area contributed by atoms with Gasteiger partial charge in [-0.05, 0) is 38.1 Å². The highest BCUT2D eigenvalue weighted by atomic mass is 19.1. The number of nitrogens with one attached hydrogen (secondary N) is 2. The smallest absolute Gasteiger partial charge is 0.170 e. The molecule has 7 nitrogen and oxygen atoms in total. The highest BCUT2D eigenvalue weighted by Crippen LogP contribution is 2.31. The monoisotopic (exact) mass is 366 g/mol. The van der Waals surface area contributed by atoms with Crippen molar-refractivity contribution in [2.24, 2.45) is 0 Å². The van der Waals surface area contributed by atoms with Crippen LogP contribution in [0.15, 0.2) is 41.2 Å². The van der Waals surface area contributed by atoms with Crippen molar-refractivity contribution in [3.63, 3.8) is 0 Å². The average Bonchev–Trinajstić information content (AvgIpc) is 3.28. The summed E-state index contributed by atoms with van der Waals surface area (Å²) in [6, 6.07) is 8.83. The molecule has 0 saturated carbocycles. The molecule has 4 aromatic rings. The number of halogens is 1. The number of rotatable bonds is 5. The van der Waals surface area contributed by atoms with Gasteiger partial charge in [0.1, 0.15) is 23.7 Å². The summed E-state index contributed by atoms with van der Waals surface area (Å²) in [7, 11) is 1.77. The summed E-state index contributed by atoms with van der Waals surface area (Å²) in [5.41, 5.74) is 4.58. The predicted molar refractivity (Wildman–Crippen MR) is 101 cm³/mol. The van der Waals surface area contributed by atoms with Crippen LogP contribution < -0.4 is 10.6 Å². The van der Waals surface area contributed by atoms with Crippen LogP contribution in [0.3, 0.4) is 0 Å². The molecule has 27 heavy (non-hydrogen) atoms. The van der Waals surface area contributed by atoms with Crippen molar-refractivity contribution < 1.29 is 8.91 Å². The molecule has 4 rings (SSSR count). The number of hydrogen-bond donors (Lipinski definition) is 2. The van der Waals surface area contributed by atoms with Crippen LogP contribution in [0.2, 0.25) is 0 Å². The number of fused-ring (bicyclic) bond motifs is 1. The minimum absolute atomic E-state index is 0.262. The first kappa shape index (κ1) is 17.0. The third-order valence-corrected chi connectivity index (χ3v) is 4.59. The van der Waals surface area contributed by atoms with Gasteiger partial charge in [0.25, 0.3) is 0 Å². The minimum Gasteiger partial charge on any atom is -0.388 e. The normalized spacial score (nSPS) is 11.1. The Hall–Kier alpha value is -3.42. The first-order chi connectivity index (χ1) is 13.1. The van der Waals surface area contributed by atoms with Crippen LogP contribution in [0, 0.1) is 19.7 Å². The fraction of sp³-hybridized carbons (Fsp3) is 0.211. The molecule has 0 aliphatic carbocycles. The Labute approximate surface area is 155 Å². The van der Waals surface area contributed by atoms with E-state index in [-0.39, 0.29) is 5.82 Å². The highest BCUT2D eigenvalue weighted by molar-refractivity contribution is 5.81. The number of nitrogens with zero attached hydrogens (tertiary/aromatic N) is 4. The Morgan fingerprint density at radius 2 is 2.04 bits per heavy atom. The van der Waals surface area contributed by atoms with Gasteiger partial charge in [0.15, 0.2) is 5.65 Å². The van der Waals surface area contributed by atoms with Gasteiger partial charge in [0.2, 0.25) is 0 Å². The van der Waals surface area contributed by atoms with Gasteiger partial charge in [-0.1, -0.05) is 11.2 Å². The zero-order valence-electron chi connectivity index (χ0n) is 15.2. The SMILES string of the molecule is CNc1cccc(F)c1CNc1ccc(-c2c(C)noc2C)c2nncn12. The van der Waals surface area contributed by atoms with Crippen molar-refractivity contribution in [2.75, 3.05) is 17.7 Å². The molecule has 138 valence electrons. The molecule has 0 aliphatic rings. The van der Waals surface area contributed by atoms with E-state index in [9.17, 15) is 4.39 Å². The third-order valence-electron chi connectivity index (χ3n) is 4.59. The third kappa shape index (κ3) is 2.88. The van der Waals surface area contributed by atoms with E-state index in [0.29, 0.717) is 17.8 Å². The van der Waals surface area contributed by atoms with Crippen LogP contribution in [0.25, 0.3) is 16.8 Å². The second-order valence-corrected chi connectivity index (χ2v) is 6.23. The molecular formula is C19H19FN6O. The molecule has 8 heteroatoms. The number of benzene rings is 1. The first-order valence-electron chi connectivity index (χ1n) is 8.55. The maximum atomic E-state index is 14.2. The zero-order chi connectivity index (χ0) is 19.0. The van der Waals surface area contributed by atoms with E-state index < -0.39 is 0 Å². The quantitative estimate of drug-likeness (QED) is 0.559. The maximum absolute atomic E-state index is 14.2. The Morgan fingerprint density at radius 3 is 2.78 bits per heavy atom. The van der Waals surface area contributed by atoms with Crippen LogP contribution in [-0.4, -0.2) is 26.8 Å². The van der Waals surface area contributed by atoms with Crippen molar-refractivity contribution >= 4 is 17.2 Å². The van der Waals surface area contributed by atoms with Gasteiger partial charge in [-0.25, -0.2) is 4.39 Å². The standard InChI is InChI=1S/C19H19FN6O/c1-11-18(12(2)27-25-11)13-7-8-17(26-10-23-24-19(13)26)22-9-14-15(20)5-4-6-16(14)21-3/h4-8,10,21-22H,9H2,1-3H3. The van der Waals surface area contributed by atoms with Gasteiger partial charge in [-0.15, -0.1) is 10.2 Å². The van der Waals surface area contributed by atoms with Crippen molar-refractivity contribution in [3.8, 4) is 11.1 Å². The van der Waals surface area contributed by atoms with Gasteiger partial charge in [0, 0.05) is 30.4 Å². The highest BCUT2D eigenvalue weighted by Gasteiger charge is 2.17. The topological polar surface area (TPSA) is 80.3 Å². The summed E-state index contributed by atoms with van der Waals surface area (Å²) in [5, 5.41) is 18.6. The lowest BCUT2D eigenvalue weighted by Gasteiger charge is -2.14. The molecule has 0 bridgehead atoms. The second kappa shape index (κ2) is 6.71. The predicted octanol–water partition coefficient (Wildman–Crippen LogP) is 3.79. The summed E-state index contributed by atoms with van der Waals surface area (Å²) < 4.78 is 21.3. The Balaban J connectivity index is 1.71. The van der Waals surface area contributed by atoms with Gasteiger partial charge < -0.3 is 15.2 Å². The molecule has 1 aromatic carbocycles. The molecule has 3 aromatic heterocycles. The van der Waals surface area contributed by atoms with Gasteiger partial charge in [-0.2, -0.15) is 0 Å². The van der Waals surface area contributed by atoms with E-state index in [1.807, 2.05) is 36.4 Å². The van der Waals surface area contributed by atoms with E-state index in [1.165, 1.54) is 6.07 Å². The van der Waals surface area contributed by atoms with E-state index in [4.69, 9.17) is 4.52 Å². The van der Waals surface area contributed by atoms with Crippen LogP contribution in [-0.2, 0) is 6.54 Å². The largest absolute Gasteiger partial charge is 0.388 e. The van der Waals surface area contributed by atoms with Crippen LogP contribution in [0.1, 0.15) is 17.0 Å². The first-order valence-corrected chi connectivity index (χ1v) is 8.55. The zero-order valence-corrected chi connectivity index (χ0v) is 15.2. The lowest BCUT2D eigenvalue weighted by Crippen LogP contribution is -2.08. The molecule has 0 amide bonds. The fourth-order valence-electron chi connectivity index (χ4n) is 3.27. The number of aromatic nitrogens is 4. The van der Waals surface area contributed by atoms with E-state index in [2.05, 4.69) is 26.0 Å². The summed E-state index contributed by atoms with van der Waals surface area (Å²) in [5.74, 6) is 1.22. The van der Waals surface area contributed by atoms with Crippen molar-refractivity contribution in [3.05, 3.63) is 59.5 Å². The van der Waals surface area contributed by atoms with Gasteiger partial charge >= 0.3 is 0 Å². The summed E-state index contributed by atoms with van der Waals surface area (Å²) >= 11 is 0. The molecule has 2 N–H and O–H groups in total. The number of pyridine rings is 1. The number of hydrogen-bond acceptors (Lipinski definition) is 6. The van der Waals surface area contributed by atoms with Crippen molar-refractivity contribution in [2.45, 2.75) is 20.4 Å². The molecule has 0 atom stereocenters. The van der Waals surface area contributed by atoms with E-state index in [1.54, 1.807) is 19.4 Å². The summed E-state index contributed by atoms with van der Waals surface area (Å²) in [6.07, 6.45) is 1.62. The second-order valence-electron chi connectivity index (χ2n) is 6.23. The fourth-order valence-corrected chi connectivity index (χ4v) is 3.27. The minimum atomic E-state index is -0.262. The molecule has 0 aliphatic heterocycles. The molecule has 0 radical (unpaired) electrons. The van der Waals surface area contributed by atoms with Crippen molar-refractivity contribution in [1.29, 1.82) is 0 Å². The van der Waals surface area contributed by atoms with Crippen molar-refractivity contribution in [1.82, 2.24) is 19.8 Å². The van der Waals surface area contributed by atoms with E-state index >= 15 is 0 Å². The van der Waals surface area contributed by atoms with Crippen LogP contribution in [0.5, 0.6) is 0 Å². The van der Waals surface area contributed by atoms with Crippen LogP contribution in [0.4, 0.5) is 15.9 Å². The number of aryl methyl sites for hydroxylation is 2. The lowest BCUT2D eigenvalue weighted by molar-refractivity contribution is 0.393.